The summed E-state index contributed by atoms with van der Waals surface area (Å²) < 4.78 is 13.1. The van der Waals surface area contributed by atoms with E-state index in [1.165, 1.54) is 6.07 Å². The van der Waals surface area contributed by atoms with E-state index in [4.69, 9.17) is 23.1 Å². The molecule has 0 aromatic heterocycles. The van der Waals surface area contributed by atoms with Gasteiger partial charge in [0.05, 0.1) is 10.7 Å². The zero-order valence-corrected chi connectivity index (χ0v) is 11.6. The van der Waals surface area contributed by atoms with Crippen LogP contribution in [-0.4, -0.2) is 36.7 Å². The second-order valence-corrected chi connectivity index (χ2v) is 5.45. The number of rotatable bonds is 4. The van der Waals surface area contributed by atoms with Crippen LogP contribution in [-0.2, 0) is 0 Å². The van der Waals surface area contributed by atoms with Gasteiger partial charge in [-0.05, 0) is 31.0 Å². The van der Waals surface area contributed by atoms with E-state index in [0.717, 1.165) is 38.2 Å². The summed E-state index contributed by atoms with van der Waals surface area (Å²) in [5.41, 5.74) is 12.2. The fraction of sp³-hybridized carbons (Fsp3) is 0.538. The van der Waals surface area contributed by atoms with Gasteiger partial charge in [0.25, 0.3) is 0 Å². The Hall–Kier alpha value is -0.880. The van der Waals surface area contributed by atoms with E-state index in [2.05, 4.69) is 10.2 Å². The molecule has 6 heteroatoms. The lowest BCUT2D eigenvalue weighted by molar-refractivity contribution is 0.180. The lowest BCUT2D eigenvalue weighted by Gasteiger charge is -2.40. The standard InChI is InChI=1S/C13H20ClFN4/c14-11-9-10(1-2-12(11)15)18-13(17)3-6-19(7-4-13)8-5-16/h1-2,9,18H,3-8,16-17H2. The van der Waals surface area contributed by atoms with Gasteiger partial charge in [-0.3, -0.25) is 0 Å². The second-order valence-electron chi connectivity index (χ2n) is 5.04. The molecule has 5 N–H and O–H groups in total. The van der Waals surface area contributed by atoms with Crippen LogP contribution in [0.25, 0.3) is 0 Å². The quantitative estimate of drug-likeness (QED) is 0.736. The molecule has 0 saturated carbocycles. The number of halogens is 2. The Balaban J connectivity index is 1.96. The molecule has 1 saturated heterocycles. The highest BCUT2D eigenvalue weighted by Crippen LogP contribution is 2.25. The van der Waals surface area contributed by atoms with Gasteiger partial charge in [0.1, 0.15) is 5.82 Å². The van der Waals surface area contributed by atoms with Crippen LogP contribution in [0.15, 0.2) is 18.2 Å². The first-order valence-electron chi connectivity index (χ1n) is 6.47. The number of hydrogen-bond donors (Lipinski definition) is 3. The molecule has 19 heavy (non-hydrogen) atoms. The van der Waals surface area contributed by atoms with Gasteiger partial charge in [0.2, 0.25) is 0 Å². The Kier molecular flexibility index (Phi) is 4.62. The highest BCUT2D eigenvalue weighted by Gasteiger charge is 2.30. The minimum atomic E-state index is -0.466. The maximum atomic E-state index is 13.1. The molecule has 0 atom stereocenters. The highest BCUT2D eigenvalue weighted by molar-refractivity contribution is 6.31. The minimum Gasteiger partial charge on any atom is -0.367 e. The van der Waals surface area contributed by atoms with Crippen LogP contribution in [0.3, 0.4) is 0 Å². The van der Waals surface area contributed by atoms with E-state index in [1.54, 1.807) is 12.1 Å². The number of nitrogens with two attached hydrogens (primary N) is 2. The maximum Gasteiger partial charge on any atom is 0.141 e. The van der Waals surface area contributed by atoms with Crippen molar-refractivity contribution in [1.29, 1.82) is 0 Å². The van der Waals surface area contributed by atoms with Crippen LogP contribution in [0.1, 0.15) is 12.8 Å². The van der Waals surface area contributed by atoms with E-state index < -0.39 is 11.5 Å². The van der Waals surface area contributed by atoms with Gasteiger partial charge < -0.3 is 21.7 Å². The van der Waals surface area contributed by atoms with E-state index in [9.17, 15) is 4.39 Å². The maximum absolute atomic E-state index is 13.1. The van der Waals surface area contributed by atoms with Crippen LogP contribution in [0.4, 0.5) is 10.1 Å². The van der Waals surface area contributed by atoms with Crippen LogP contribution in [0, 0.1) is 5.82 Å². The van der Waals surface area contributed by atoms with E-state index >= 15 is 0 Å². The normalized spacial score (nSPS) is 19.4. The molecule has 2 rings (SSSR count). The minimum absolute atomic E-state index is 0.106. The van der Waals surface area contributed by atoms with Crippen molar-refractivity contribution in [2.45, 2.75) is 18.5 Å². The van der Waals surface area contributed by atoms with Crippen LogP contribution in [0.2, 0.25) is 5.02 Å². The molecule has 1 aliphatic heterocycles. The van der Waals surface area contributed by atoms with Gasteiger partial charge in [-0.25, -0.2) is 4.39 Å². The smallest absolute Gasteiger partial charge is 0.141 e. The van der Waals surface area contributed by atoms with Gasteiger partial charge in [0.15, 0.2) is 0 Å². The van der Waals surface area contributed by atoms with Crippen molar-refractivity contribution < 1.29 is 4.39 Å². The average Bonchev–Trinajstić information content (AvgIpc) is 2.37. The van der Waals surface area contributed by atoms with Crippen LogP contribution in [0.5, 0.6) is 0 Å². The van der Waals surface area contributed by atoms with Crippen molar-refractivity contribution in [3.8, 4) is 0 Å². The predicted octanol–water partition coefficient (Wildman–Crippen LogP) is 1.60. The Labute approximate surface area is 117 Å². The molecule has 1 fully saturated rings. The van der Waals surface area contributed by atoms with Crippen LogP contribution < -0.4 is 16.8 Å². The van der Waals surface area contributed by atoms with E-state index in [1.807, 2.05) is 0 Å². The first-order valence-corrected chi connectivity index (χ1v) is 6.85. The topological polar surface area (TPSA) is 67.3 Å². The Bertz CT molecular complexity index is 433. The number of anilines is 1. The number of hydrogen-bond acceptors (Lipinski definition) is 4. The SMILES string of the molecule is NCCN1CCC(N)(Nc2ccc(F)c(Cl)c2)CC1. The molecule has 1 aliphatic rings. The number of nitrogens with zero attached hydrogens (tertiary/aromatic N) is 1. The molecule has 0 amide bonds. The zero-order chi connectivity index (χ0) is 13.9. The number of nitrogens with one attached hydrogen (secondary N) is 1. The summed E-state index contributed by atoms with van der Waals surface area (Å²) in [6, 6.07) is 4.57. The van der Waals surface area contributed by atoms with Gasteiger partial charge in [-0.15, -0.1) is 0 Å². The monoisotopic (exact) mass is 286 g/mol. The van der Waals surface area contributed by atoms with Gasteiger partial charge in [0, 0.05) is 31.9 Å². The lowest BCUT2D eigenvalue weighted by Crippen LogP contribution is -2.56. The molecule has 1 heterocycles. The Morgan fingerprint density at radius 3 is 2.63 bits per heavy atom. The Morgan fingerprint density at radius 2 is 2.05 bits per heavy atom. The molecule has 4 nitrogen and oxygen atoms in total. The molecule has 0 radical (unpaired) electrons. The largest absolute Gasteiger partial charge is 0.367 e. The second kappa shape index (κ2) is 6.05. The molecular formula is C13H20ClFN4. The molecule has 0 aliphatic carbocycles. The summed E-state index contributed by atoms with van der Waals surface area (Å²) in [7, 11) is 0. The summed E-state index contributed by atoms with van der Waals surface area (Å²) in [6.07, 6.45) is 1.64. The highest BCUT2D eigenvalue weighted by atomic mass is 35.5. The number of benzene rings is 1. The average molecular weight is 287 g/mol. The lowest BCUT2D eigenvalue weighted by atomic mass is 9.97. The van der Waals surface area contributed by atoms with Crippen molar-refractivity contribution in [2.24, 2.45) is 11.5 Å². The van der Waals surface area contributed by atoms with Crippen molar-refractivity contribution in [1.82, 2.24) is 4.90 Å². The third-order valence-electron chi connectivity index (χ3n) is 3.51. The molecule has 0 bridgehead atoms. The summed E-state index contributed by atoms with van der Waals surface area (Å²) in [5, 5.41) is 3.36. The van der Waals surface area contributed by atoms with Crippen LogP contribution >= 0.6 is 11.6 Å². The molecule has 106 valence electrons. The molecule has 1 aromatic rings. The van der Waals surface area contributed by atoms with Gasteiger partial charge in [-0.1, -0.05) is 11.6 Å². The van der Waals surface area contributed by atoms with Crippen molar-refractivity contribution >= 4 is 17.3 Å². The van der Waals surface area contributed by atoms with Gasteiger partial charge >= 0.3 is 0 Å². The zero-order valence-electron chi connectivity index (χ0n) is 10.8. The van der Waals surface area contributed by atoms with Crippen molar-refractivity contribution in [3.05, 3.63) is 29.0 Å². The molecule has 1 aromatic carbocycles. The summed E-state index contributed by atoms with van der Waals surface area (Å²) >= 11 is 5.76. The summed E-state index contributed by atoms with van der Waals surface area (Å²) in [4.78, 5) is 2.30. The predicted molar refractivity (Wildman–Crippen MR) is 76.7 cm³/mol. The van der Waals surface area contributed by atoms with E-state index in [0.29, 0.717) is 6.54 Å². The third-order valence-corrected chi connectivity index (χ3v) is 3.80. The van der Waals surface area contributed by atoms with Gasteiger partial charge in [-0.2, -0.15) is 0 Å². The molecule has 0 unspecified atom stereocenters. The first kappa shape index (κ1) is 14.5. The summed E-state index contributed by atoms with van der Waals surface area (Å²) in [5.74, 6) is -0.420. The first-order chi connectivity index (χ1) is 9.02. The van der Waals surface area contributed by atoms with Crippen molar-refractivity contribution in [3.63, 3.8) is 0 Å². The van der Waals surface area contributed by atoms with E-state index in [-0.39, 0.29) is 5.02 Å². The fourth-order valence-corrected chi connectivity index (χ4v) is 2.53. The molecule has 0 spiro atoms. The number of likely N-dealkylation sites (tertiary alicyclic amines) is 1. The fourth-order valence-electron chi connectivity index (χ4n) is 2.34. The molecular weight excluding hydrogens is 267 g/mol. The van der Waals surface area contributed by atoms with Crippen molar-refractivity contribution in [2.75, 3.05) is 31.5 Å². The third kappa shape index (κ3) is 3.79. The Morgan fingerprint density at radius 1 is 1.37 bits per heavy atom. The summed E-state index contributed by atoms with van der Waals surface area (Å²) in [6.45, 7) is 3.39. The number of piperidine rings is 1.